The highest BCUT2D eigenvalue weighted by Crippen LogP contribution is 2.60. The predicted octanol–water partition coefficient (Wildman–Crippen LogP) is 4.69. The number of carbonyl (C=O) groups is 3. The standard InChI is InChI=1S/C26H32F2O8/c1-14(2)21(26(27,28)23(30)31)36-22(29)18-4-5-19(34-13-33-3)20(9-18)35-24(32)25-10-15-6-16(11-25)8-17(7-15)12-25/h4-5,9,14-17,21H,6-8,10-13H2,1-3H3,(H,30,31). The van der Waals surface area contributed by atoms with E-state index in [0.717, 1.165) is 38.5 Å². The van der Waals surface area contributed by atoms with Crippen molar-refractivity contribution in [2.24, 2.45) is 29.1 Å². The average Bonchev–Trinajstić information content (AvgIpc) is 2.80. The van der Waals surface area contributed by atoms with Gasteiger partial charge in [0.05, 0.1) is 11.0 Å². The number of rotatable bonds is 10. The Morgan fingerprint density at radius 3 is 2.14 bits per heavy atom. The molecule has 0 spiro atoms. The number of carboxylic acids is 1. The lowest BCUT2D eigenvalue weighted by atomic mass is 9.49. The zero-order chi connectivity index (χ0) is 26.3. The third-order valence-electron chi connectivity index (χ3n) is 7.67. The normalized spacial score (nSPS) is 27.6. The van der Waals surface area contributed by atoms with Crippen molar-refractivity contribution < 1.29 is 47.2 Å². The van der Waals surface area contributed by atoms with Crippen LogP contribution in [0.3, 0.4) is 0 Å². The molecular weight excluding hydrogens is 478 g/mol. The Morgan fingerprint density at radius 1 is 1.06 bits per heavy atom. The van der Waals surface area contributed by atoms with Gasteiger partial charge in [-0.3, -0.25) is 4.79 Å². The van der Waals surface area contributed by atoms with Gasteiger partial charge in [0.25, 0.3) is 0 Å². The predicted molar refractivity (Wildman–Crippen MR) is 122 cm³/mol. The Kier molecular flexibility index (Phi) is 7.28. The van der Waals surface area contributed by atoms with Crippen molar-refractivity contribution >= 4 is 17.9 Å². The van der Waals surface area contributed by atoms with E-state index in [9.17, 15) is 23.2 Å². The summed E-state index contributed by atoms with van der Waals surface area (Å²) in [5, 5.41) is 8.90. The minimum absolute atomic E-state index is 0.0478. The number of hydrogen-bond acceptors (Lipinski definition) is 7. The van der Waals surface area contributed by atoms with E-state index in [4.69, 9.17) is 24.1 Å². The van der Waals surface area contributed by atoms with Gasteiger partial charge in [-0.1, -0.05) is 13.8 Å². The molecule has 8 nitrogen and oxygen atoms in total. The van der Waals surface area contributed by atoms with E-state index in [0.29, 0.717) is 17.8 Å². The van der Waals surface area contributed by atoms with E-state index in [1.165, 1.54) is 39.2 Å². The van der Waals surface area contributed by atoms with Crippen LogP contribution >= 0.6 is 0 Å². The number of carboxylic acid groups (broad SMARTS) is 1. The SMILES string of the molecule is COCOc1ccc(C(=O)OC(C(C)C)C(F)(F)C(=O)O)cc1OC(=O)C12CC3CC(CC(C3)C1)C2. The molecule has 4 saturated carbocycles. The first-order valence-corrected chi connectivity index (χ1v) is 12.3. The monoisotopic (exact) mass is 510 g/mol. The van der Waals surface area contributed by atoms with Crippen LogP contribution in [0.15, 0.2) is 18.2 Å². The lowest BCUT2D eigenvalue weighted by molar-refractivity contribution is -0.187. The van der Waals surface area contributed by atoms with E-state index in [-0.39, 0.29) is 29.8 Å². The molecule has 4 bridgehead atoms. The van der Waals surface area contributed by atoms with Crippen LogP contribution in [0.2, 0.25) is 0 Å². The van der Waals surface area contributed by atoms with Crippen LogP contribution in [-0.2, 0) is 19.1 Å². The maximum atomic E-state index is 14.2. The second kappa shape index (κ2) is 9.95. The van der Waals surface area contributed by atoms with Crippen molar-refractivity contribution in [3.05, 3.63) is 23.8 Å². The quantitative estimate of drug-likeness (QED) is 0.274. The molecular formula is C26H32F2O8. The molecule has 4 aliphatic rings. The van der Waals surface area contributed by atoms with E-state index in [2.05, 4.69) is 0 Å². The minimum atomic E-state index is -4.28. The van der Waals surface area contributed by atoms with Crippen LogP contribution in [-0.4, -0.2) is 48.9 Å². The van der Waals surface area contributed by atoms with Gasteiger partial charge >= 0.3 is 23.8 Å². The van der Waals surface area contributed by atoms with Crippen LogP contribution in [0.1, 0.15) is 62.7 Å². The molecule has 1 atom stereocenters. The summed E-state index contributed by atoms with van der Waals surface area (Å²) in [6.45, 7) is 2.51. The van der Waals surface area contributed by atoms with Crippen molar-refractivity contribution in [2.45, 2.75) is 64.4 Å². The number of methoxy groups -OCH3 is 1. The van der Waals surface area contributed by atoms with Gasteiger partial charge in [-0.2, -0.15) is 8.78 Å². The maximum Gasteiger partial charge on any atom is 0.378 e. The van der Waals surface area contributed by atoms with Crippen LogP contribution in [0, 0.1) is 29.1 Å². The molecule has 0 aromatic heterocycles. The zero-order valence-electron chi connectivity index (χ0n) is 20.6. The summed E-state index contributed by atoms with van der Waals surface area (Å²) in [7, 11) is 1.42. The summed E-state index contributed by atoms with van der Waals surface area (Å²) in [6.07, 6.45) is 3.57. The molecule has 4 fully saturated rings. The second-order valence-corrected chi connectivity index (χ2v) is 10.8. The Hall–Kier alpha value is -2.75. The zero-order valence-corrected chi connectivity index (χ0v) is 20.6. The van der Waals surface area contributed by atoms with Gasteiger partial charge in [0.15, 0.2) is 24.4 Å². The van der Waals surface area contributed by atoms with Gasteiger partial charge in [-0.05, 0) is 80.4 Å². The summed E-state index contributed by atoms with van der Waals surface area (Å²) in [6, 6.07) is 3.82. The smallest absolute Gasteiger partial charge is 0.378 e. The third kappa shape index (κ3) is 5.05. The molecule has 0 amide bonds. The number of carbonyl (C=O) groups excluding carboxylic acids is 2. The number of alkyl halides is 2. The fraction of sp³-hybridized carbons (Fsp3) is 0.654. The summed E-state index contributed by atoms with van der Waals surface area (Å²) < 4.78 is 49.5. The molecule has 0 aliphatic heterocycles. The lowest BCUT2D eigenvalue weighted by Crippen LogP contribution is -2.51. The third-order valence-corrected chi connectivity index (χ3v) is 7.67. The molecule has 0 heterocycles. The van der Waals surface area contributed by atoms with Crippen molar-refractivity contribution in [2.75, 3.05) is 13.9 Å². The van der Waals surface area contributed by atoms with Gasteiger partial charge < -0.3 is 24.1 Å². The van der Waals surface area contributed by atoms with Crippen LogP contribution < -0.4 is 9.47 Å². The summed E-state index contributed by atoms with van der Waals surface area (Å²) in [5.74, 6) is -7.56. The van der Waals surface area contributed by atoms with Crippen LogP contribution in [0.4, 0.5) is 8.78 Å². The van der Waals surface area contributed by atoms with E-state index < -0.39 is 35.3 Å². The minimum Gasteiger partial charge on any atom is -0.477 e. The van der Waals surface area contributed by atoms with Crippen molar-refractivity contribution in [3.63, 3.8) is 0 Å². The summed E-state index contributed by atoms with van der Waals surface area (Å²) >= 11 is 0. The Morgan fingerprint density at radius 2 is 1.64 bits per heavy atom. The first kappa shape index (κ1) is 26.3. The molecule has 0 radical (unpaired) electrons. The fourth-order valence-corrected chi connectivity index (χ4v) is 6.46. The van der Waals surface area contributed by atoms with Gasteiger partial charge in [0.1, 0.15) is 0 Å². The number of ether oxygens (including phenoxy) is 4. The Labute approximate surface area is 208 Å². The van der Waals surface area contributed by atoms with Gasteiger partial charge in [-0.25, -0.2) is 9.59 Å². The van der Waals surface area contributed by atoms with Gasteiger partial charge in [0, 0.05) is 7.11 Å². The number of hydrogen-bond donors (Lipinski definition) is 1. The highest BCUT2D eigenvalue weighted by Gasteiger charge is 2.56. The Bertz CT molecular complexity index is 986. The first-order valence-electron chi connectivity index (χ1n) is 12.3. The number of benzene rings is 1. The van der Waals surface area contributed by atoms with Crippen molar-refractivity contribution in [3.8, 4) is 11.5 Å². The molecule has 1 unspecified atom stereocenters. The van der Waals surface area contributed by atoms with Gasteiger partial charge in [-0.15, -0.1) is 0 Å². The molecule has 1 aromatic carbocycles. The Balaban J connectivity index is 1.57. The number of halogens is 2. The molecule has 1 N–H and O–H groups in total. The summed E-state index contributed by atoms with van der Waals surface area (Å²) in [4.78, 5) is 37.3. The van der Waals surface area contributed by atoms with Crippen LogP contribution in [0.25, 0.3) is 0 Å². The summed E-state index contributed by atoms with van der Waals surface area (Å²) in [5.41, 5.74) is -0.754. The fourth-order valence-electron chi connectivity index (χ4n) is 6.46. The highest BCUT2D eigenvalue weighted by atomic mass is 19.3. The van der Waals surface area contributed by atoms with Crippen LogP contribution in [0.5, 0.6) is 11.5 Å². The van der Waals surface area contributed by atoms with Crippen molar-refractivity contribution in [1.82, 2.24) is 0 Å². The molecule has 36 heavy (non-hydrogen) atoms. The molecule has 10 heteroatoms. The molecule has 5 rings (SSSR count). The first-order chi connectivity index (χ1) is 16.9. The average molecular weight is 511 g/mol. The number of aliphatic carboxylic acids is 1. The molecule has 1 aromatic rings. The van der Waals surface area contributed by atoms with E-state index in [1.54, 1.807) is 0 Å². The largest absolute Gasteiger partial charge is 0.477 e. The second-order valence-electron chi connectivity index (χ2n) is 10.8. The molecule has 198 valence electrons. The van der Waals surface area contributed by atoms with E-state index in [1.807, 2.05) is 0 Å². The maximum absolute atomic E-state index is 14.2. The number of esters is 2. The lowest BCUT2D eigenvalue weighted by Gasteiger charge is -2.55. The van der Waals surface area contributed by atoms with E-state index >= 15 is 0 Å². The van der Waals surface area contributed by atoms with Gasteiger partial charge in [0.2, 0.25) is 0 Å². The highest BCUT2D eigenvalue weighted by molar-refractivity contribution is 5.91. The van der Waals surface area contributed by atoms with Crippen molar-refractivity contribution in [1.29, 1.82) is 0 Å². The topological polar surface area (TPSA) is 108 Å². The molecule has 4 aliphatic carbocycles. The molecule has 0 saturated heterocycles.